The topological polar surface area (TPSA) is 49.4 Å². The Morgan fingerprint density at radius 3 is 2.44 bits per heavy atom. The summed E-state index contributed by atoms with van der Waals surface area (Å²) in [7, 11) is 1.58. The highest BCUT2D eigenvalue weighted by Crippen LogP contribution is 2.49. The Kier molecular flexibility index (Phi) is 4.65. The van der Waals surface area contributed by atoms with E-state index in [-0.39, 0.29) is 23.8 Å². The minimum absolute atomic E-state index is 0.0673. The number of carbonyl (C=O) groups excluding carboxylic acids is 2. The maximum atomic E-state index is 12.0. The van der Waals surface area contributed by atoms with E-state index >= 15 is 0 Å². The zero-order valence-corrected chi connectivity index (χ0v) is 10.8. The highest BCUT2D eigenvalue weighted by Gasteiger charge is 2.43. The number of likely N-dealkylation sites (N-methyl/N-ethyl adjacent to an activating group) is 2. The molecule has 4 nitrogen and oxygen atoms in total. The number of nitrogens with one attached hydrogen (secondary N) is 1. The lowest BCUT2D eigenvalue weighted by Crippen LogP contribution is -2.40. The fourth-order valence-electron chi connectivity index (χ4n) is 1.63. The molecule has 1 aliphatic carbocycles. The molecule has 0 heterocycles. The average Bonchev–Trinajstić information content (AvgIpc) is 3.05. The van der Waals surface area contributed by atoms with E-state index in [0.29, 0.717) is 13.0 Å². The minimum atomic E-state index is -0.120. The van der Waals surface area contributed by atoms with Crippen LogP contribution in [-0.4, -0.2) is 42.6 Å². The summed E-state index contributed by atoms with van der Waals surface area (Å²) in [5, 5.41) is 2.53. The van der Waals surface area contributed by atoms with E-state index in [1.807, 2.05) is 6.92 Å². The first-order valence-corrected chi connectivity index (χ1v) is 6.29. The summed E-state index contributed by atoms with van der Waals surface area (Å²) in [5.41, 5.74) is 0.121. The molecule has 0 unspecified atom stereocenters. The summed E-state index contributed by atoms with van der Waals surface area (Å²) in [5.74, 6) is 0.708. The van der Waals surface area contributed by atoms with Crippen molar-refractivity contribution < 1.29 is 9.59 Å². The number of hydrogen-bond acceptors (Lipinski definition) is 3. The summed E-state index contributed by atoms with van der Waals surface area (Å²) in [6.45, 7) is 2.63. The molecular formula is C11H20N2O2S. The Hall–Kier alpha value is -0.710. The van der Waals surface area contributed by atoms with Crippen molar-refractivity contribution in [2.75, 3.05) is 25.9 Å². The van der Waals surface area contributed by atoms with Gasteiger partial charge in [-0.25, -0.2) is 0 Å². The molecule has 1 saturated carbocycles. The van der Waals surface area contributed by atoms with Gasteiger partial charge in [-0.15, -0.1) is 0 Å². The van der Waals surface area contributed by atoms with Gasteiger partial charge in [0.25, 0.3) is 0 Å². The molecule has 5 heteroatoms. The molecular weight excluding hydrogens is 224 g/mol. The first kappa shape index (κ1) is 13.4. The third-order valence-electron chi connectivity index (χ3n) is 3.17. The smallest absolute Gasteiger partial charge is 0.239 e. The maximum absolute atomic E-state index is 12.0. The Morgan fingerprint density at radius 1 is 1.44 bits per heavy atom. The predicted molar refractivity (Wildman–Crippen MR) is 66.5 cm³/mol. The number of amides is 2. The van der Waals surface area contributed by atoms with Crippen LogP contribution in [0, 0.1) is 5.41 Å². The summed E-state index contributed by atoms with van der Waals surface area (Å²) >= 11 is 4.27. The van der Waals surface area contributed by atoms with Gasteiger partial charge < -0.3 is 10.2 Å². The molecule has 1 fully saturated rings. The molecule has 0 spiro atoms. The first-order chi connectivity index (χ1) is 7.56. The van der Waals surface area contributed by atoms with Crippen molar-refractivity contribution in [3.63, 3.8) is 0 Å². The van der Waals surface area contributed by atoms with Gasteiger partial charge in [-0.3, -0.25) is 9.59 Å². The van der Waals surface area contributed by atoms with Crippen LogP contribution in [0.2, 0.25) is 0 Å². The lowest BCUT2D eigenvalue weighted by molar-refractivity contribution is -0.136. The molecule has 0 saturated heterocycles. The quantitative estimate of drug-likeness (QED) is 0.675. The van der Waals surface area contributed by atoms with Crippen LogP contribution >= 0.6 is 12.6 Å². The Morgan fingerprint density at radius 2 is 2.06 bits per heavy atom. The summed E-state index contributed by atoms with van der Waals surface area (Å²) in [4.78, 5) is 24.8. The Labute approximate surface area is 102 Å². The zero-order valence-electron chi connectivity index (χ0n) is 9.95. The van der Waals surface area contributed by atoms with E-state index in [9.17, 15) is 9.59 Å². The number of carbonyl (C=O) groups is 2. The van der Waals surface area contributed by atoms with Gasteiger partial charge >= 0.3 is 0 Å². The molecule has 16 heavy (non-hydrogen) atoms. The van der Waals surface area contributed by atoms with Crippen LogP contribution in [0.5, 0.6) is 0 Å². The normalized spacial score (nSPS) is 16.7. The van der Waals surface area contributed by atoms with Gasteiger partial charge in [0, 0.05) is 20.0 Å². The van der Waals surface area contributed by atoms with E-state index in [4.69, 9.17) is 0 Å². The SMILES string of the molecule is CCN(CC(=O)NC)C(=O)CC1(CS)CC1. The van der Waals surface area contributed by atoms with Crippen LogP contribution in [-0.2, 0) is 9.59 Å². The van der Waals surface area contributed by atoms with Crippen molar-refractivity contribution in [1.29, 1.82) is 0 Å². The van der Waals surface area contributed by atoms with Gasteiger partial charge in [0.2, 0.25) is 11.8 Å². The van der Waals surface area contributed by atoms with Crippen molar-refractivity contribution in [3.05, 3.63) is 0 Å². The highest BCUT2D eigenvalue weighted by atomic mass is 32.1. The van der Waals surface area contributed by atoms with Crippen molar-refractivity contribution in [2.45, 2.75) is 26.2 Å². The number of thiol groups is 1. The van der Waals surface area contributed by atoms with Gasteiger partial charge in [0.1, 0.15) is 0 Å². The molecule has 0 bridgehead atoms. The van der Waals surface area contributed by atoms with Crippen molar-refractivity contribution in [2.24, 2.45) is 5.41 Å². The van der Waals surface area contributed by atoms with Crippen LogP contribution < -0.4 is 5.32 Å². The molecule has 0 aromatic rings. The maximum Gasteiger partial charge on any atom is 0.239 e. The first-order valence-electron chi connectivity index (χ1n) is 5.66. The molecule has 1 aliphatic rings. The molecule has 2 amide bonds. The third kappa shape index (κ3) is 3.40. The fourth-order valence-corrected chi connectivity index (χ4v) is 2.06. The van der Waals surface area contributed by atoms with Crippen LogP contribution in [0.3, 0.4) is 0 Å². The van der Waals surface area contributed by atoms with Crippen LogP contribution in [0.25, 0.3) is 0 Å². The van der Waals surface area contributed by atoms with Gasteiger partial charge in [-0.1, -0.05) is 0 Å². The number of hydrogen-bond donors (Lipinski definition) is 2. The van der Waals surface area contributed by atoms with Gasteiger partial charge in [-0.05, 0) is 30.9 Å². The molecule has 1 rings (SSSR count). The second kappa shape index (κ2) is 5.57. The molecule has 0 aromatic carbocycles. The van der Waals surface area contributed by atoms with E-state index in [2.05, 4.69) is 17.9 Å². The largest absolute Gasteiger partial charge is 0.358 e. The van der Waals surface area contributed by atoms with E-state index < -0.39 is 0 Å². The van der Waals surface area contributed by atoms with Gasteiger partial charge in [0.15, 0.2) is 0 Å². The molecule has 0 radical (unpaired) electrons. The van der Waals surface area contributed by atoms with E-state index in [1.165, 1.54) is 0 Å². The van der Waals surface area contributed by atoms with E-state index in [0.717, 1.165) is 18.6 Å². The monoisotopic (exact) mass is 244 g/mol. The molecule has 0 aromatic heterocycles. The fraction of sp³-hybridized carbons (Fsp3) is 0.818. The van der Waals surface area contributed by atoms with Crippen molar-refractivity contribution in [3.8, 4) is 0 Å². The molecule has 1 N–H and O–H groups in total. The number of rotatable bonds is 6. The molecule has 0 aliphatic heterocycles. The molecule has 92 valence electrons. The highest BCUT2D eigenvalue weighted by molar-refractivity contribution is 7.80. The van der Waals surface area contributed by atoms with E-state index in [1.54, 1.807) is 11.9 Å². The van der Waals surface area contributed by atoms with Crippen LogP contribution in [0.15, 0.2) is 0 Å². The minimum Gasteiger partial charge on any atom is -0.358 e. The van der Waals surface area contributed by atoms with Gasteiger partial charge in [0.05, 0.1) is 6.54 Å². The lowest BCUT2D eigenvalue weighted by Gasteiger charge is -2.22. The van der Waals surface area contributed by atoms with Gasteiger partial charge in [-0.2, -0.15) is 12.6 Å². The second-order valence-corrected chi connectivity index (χ2v) is 4.73. The average molecular weight is 244 g/mol. The summed E-state index contributed by atoms with van der Waals surface area (Å²) in [6.07, 6.45) is 2.70. The lowest BCUT2D eigenvalue weighted by atomic mass is 10.0. The van der Waals surface area contributed by atoms with Crippen LogP contribution in [0.1, 0.15) is 26.2 Å². The number of nitrogens with zero attached hydrogens (tertiary/aromatic N) is 1. The van der Waals surface area contributed by atoms with Crippen molar-refractivity contribution >= 4 is 24.4 Å². The summed E-state index contributed by atoms with van der Waals surface area (Å²) < 4.78 is 0. The standard InChI is InChI=1S/C11H20N2O2S/c1-3-13(7-9(14)12-2)10(15)6-11(8-16)4-5-11/h16H,3-8H2,1-2H3,(H,12,14). The van der Waals surface area contributed by atoms with Crippen molar-refractivity contribution in [1.82, 2.24) is 10.2 Å². The predicted octanol–water partition coefficient (Wildman–Crippen LogP) is 0.681. The Balaban J connectivity index is 2.46. The van der Waals surface area contributed by atoms with Crippen LogP contribution in [0.4, 0.5) is 0 Å². The Bertz CT molecular complexity index is 277. The second-order valence-electron chi connectivity index (χ2n) is 4.42. The zero-order chi connectivity index (χ0) is 12.2. The summed E-state index contributed by atoms with van der Waals surface area (Å²) in [6, 6.07) is 0. The molecule has 0 atom stereocenters. The third-order valence-corrected chi connectivity index (χ3v) is 3.84.